The minimum Gasteiger partial charge on any atom is -0.281 e. The molecule has 1 unspecified atom stereocenters. The lowest BCUT2D eigenvalue weighted by molar-refractivity contribution is -0.112. The minimum atomic E-state index is -0.378. The summed E-state index contributed by atoms with van der Waals surface area (Å²) >= 11 is 7.11. The fourth-order valence-corrected chi connectivity index (χ4v) is 2.72. The highest BCUT2D eigenvalue weighted by Gasteiger charge is 2.20. The molecule has 0 saturated heterocycles. The van der Waals surface area contributed by atoms with Gasteiger partial charge in [0.25, 0.3) is 0 Å². The van der Waals surface area contributed by atoms with Crippen molar-refractivity contribution in [2.24, 2.45) is 0 Å². The molecule has 0 spiro atoms. The van der Waals surface area contributed by atoms with Crippen molar-refractivity contribution in [2.75, 3.05) is 0 Å². The second kappa shape index (κ2) is 5.43. The molecule has 1 atom stereocenters. The summed E-state index contributed by atoms with van der Waals surface area (Å²) in [6, 6.07) is 9.90. The maximum atomic E-state index is 12.8. The normalized spacial score (nSPS) is 12.4. The van der Waals surface area contributed by atoms with Gasteiger partial charge in [0.2, 0.25) is 5.24 Å². The average Bonchev–Trinajstić information content (AvgIpc) is 2.81. The van der Waals surface area contributed by atoms with Gasteiger partial charge in [-0.3, -0.25) is 4.79 Å². The Balaban J connectivity index is 2.19. The van der Waals surface area contributed by atoms with Crippen LogP contribution in [0.5, 0.6) is 0 Å². The van der Waals surface area contributed by atoms with E-state index in [0.29, 0.717) is 6.42 Å². The molecule has 0 bridgehead atoms. The van der Waals surface area contributed by atoms with Crippen LogP contribution >= 0.6 is 22.9 Å². The number of thiophene rings is 1. The first kappa shape index (κ1) is 12.3. The van der Waals surface area contributed by atoms with Crippen molar-refractivity contribution in [3.8, 4) is 0 Å². The zero-order valence-electron chi connectivity index (χ0n) is 8.90. The molecule has 2 aromatic rings. The van der Waals surface area contributed by atoms with E-state index in [1.54, 1.807) is 12.1 Å². The zero-order valence-corrected chi connectivity index (χ0v) is 10.5. The Hall–Kier alpha value is -1.19. The molecular weight excluding hydrogens is 259 g/mol. The highest BCUT2D eigenvalue weighted by Crippen LogP contribution is 2.27. The molecule has 88 valence electrons. The van der Waals surface area contributed by atoms with Crippen molar-refractivity contribution in [1.29, 1.82) is 0 Å². The number of hydrogen-bond acceptors (Lipinski definition) is 2. The smallest absolute Gasteiger partial charge is 0.230 e. The van der Waals surface area contributed by atoms with Crippen molar-refractivity contribution in [3.63, 3.8) is 0 Å². The molecule has 0 aliphatic rings. The van der Waals surface area contributed by atoms with Crippen LogP contribution in [0.15, 0.2) is 41.8 Å². The summed E-state index contributed by atoms with van der Waals surface area (Å²) in [5.74, 6) is -0.624. The van der Waals surface area contributed by atoms with Crippen LogP contribution in [0.4, 0.5) is 4.39 Å². The third kappa shape index (κ3) is 3.14. The number of carbonyl (C=O) groups is 1. The van der Waals surface area contributed by atoms with Gasteiger partial charge in [0, 0.05) is 4.88 Å². The van der Waals surface area contributed by atoms with E-state index >= 15 is 0 Å². The van der Waals surface area contributed by atoms with Crippen LogP contribution in [-0.4, -0.2) is 5.24 Å². The van der Waals surface area contributed by atoms with Gasteiger partial charge in [0.05, 0.1) is 5.92 Å². The second-order valence-electron chi connectivity index (χ2n) is 3.70. The van der Waals surface area contributed by atoms with Gasteiger partial charge in [-0.05, 0) is 47.2 Å². The molecule has 1 heterocycles. The van der Waals surface area contributed by atoms with E-state index in [2.05, 4.69) is 0 Å². The summed E-state index contributed by atoms with van der Waals surface area (Å²) in [7, 11) is 0. The largest absolute Gasteiger partial charge is 0.281 e. The Labute approximate surface area is 108 Å². The van der Waals surface area contributed by atoms with Crippen LogP contribution in [0.2, 0.25) is 0 Å². The van der Waals surface area contributed by atoms with E-state index in [9.17, 15) is 9.18 Å². The molecule has 0 amide bonds. The van der Waals surface area contributed by atoms with E-state index in [4.69, 9.17) is 11.6 Å². The van der Waals surface area contributed by atoms with Gasteiger partial charge in [-0.2, -0.15) is 0 Å². The van der Waals surface area contributed by atoms with Crippen molar-refractivity contribution in [1.82, 2.24) is 0 Å². The maximum Gasteiger partial charge on any atom is 0.230 e. The van der Waals surface area contributed by atoms with E-state index in [1.165, 1.54) is 23.5 Å². The van der Waals surface area contributed by atoms with Gasteiger partial charge in [0.1, 0.15) is 5.82 Å². The first-order valence-corrected chi connectivity index (χ1v) is 6.40. The fourth-order valence-electron chi connectivity index (χ4n) is 1.64. The molecule has 1 aromatic carbocycles. The van der Waals surface area contributed by atoms with Gasteiger partial charge in [-0.1, -0.05) is 18.2 Å². The van der Waals surface area contributed by atoms with Gasteiger partial charge in [-0.25, -0.2) is 4.39 Å². The first-order chi connectivity index (χ1) is 8.16. The summed E-state index contributed by atoms with van der Waals surface area (Å²) < 4.78 is 12.8. The Morgan fingerprint density at radius 2 is 2.00 bits per heavy atom. The lowest BCUT2D eigenvalue weighted by atomic mass is 9.99. The van der Waals surface area contributed by atoms with Crippen molar-refractivity contribution in [3.05, 3.63) is 58.0 Å². The summed E-state index contributed by atoms with van der Waals surface area (Å²) in [5.41, 5.74) is 0.902. The van der Waals surface area contributed by atoms with Crippen molar-refractivity contribution in [2.45, 2.75) is 12.3 Å². The molecule has 0 aliphatic heterocycles. The van der Waals surface area contributed by atoms with E-state index < -0.39 is 0 Å². The van der Waals surface area contributed by atoms with E-state index in [1.807, 2.05) is 17.5 Å². The Bertz CT molecular complexity index is 493. The molecule has 0 radical (unpaired) electrons. The quantitative estimate of drug-likeness (QED) is 0.767. The Morgan fingerprint density at radius 3 is 2.53 bits per heavy atom. The van der Waals surface area contributed by atoms with Crippen molar-refractivity contribution >= 4 is 28.2 Å². The molecule has 0 saturated carbocycles. The lowest BCUT2D eigenvalue weighted by Gasteiger charge is -2.10. The molecule has 1 aromatic heterocycles. The third-order valence-electron chi connectivity index (χ3n) is 2.51. The molecule has 4 heteroatoms. The summed E-state index contributed by atoms with van der Waals surface area (Å²) in [4.78, 5) is 12.4. The van der Waals surface area contributed by atoms with Crippen LogP contribution in [0.25, 0.3) is 0 Å². The van der Waals surface area contributed by atoms with Crippen LogP contribution in [-0.2, 0) is 11.2 Å². The third-order valence-corrected chi connectivity index (χ3v) is 3.76. The van der Waals surface area contributed by atoms with Crippen molar-refractivity contribution < 1.29 is 9.18 Å². The predicted octanol–water partition coefficient (Wildman–Crippen LogP) is 3.98. The molecule has 0 fully saturated rings. The van der Waals surface area contributed by atoms with Gasteiger partial charge >= 0.3 is 0 Å². The standard InChI is InChI=1S/C13H10ClFOS/c14-13(16)11(12-2-1-7-17-12)8-9-3-5-10(15)6-4-9/h1-7,11H,8H2. The summed E-state index contributed by atoms with van der Waals surface area (Å²) in [6.45, 7) is 0. The monoisotopic (exact) mass is 268 g/mol. The maximum absolute atomic E-state index is 12.8. The number of carbonyl (C=O) groups excluding carboxylic acids is 1. The first-order valence-electron chi connectivity index (χ1n) is 5.14. The van der Waals surface area contributed by atoms with Crippen LogP contribution in [0.1, 0.15) is 16.4 Å². The lowest BCUT2D eigenvalue weighted by Crippen LogP contribution is -2.08. The van der Waals surface area contributed by atoms with Gasteiger partial charge in [0.15, 0.2) is 0 Å². The number of halogens is 2. The van der Waals surface area contributed by atoms with Crippen LogP contribution in [0.3, 0.4) is 0 Å². The number of rotatable bonds is 4. The highest BCUT2D eigenvalue weighted by atomic mass is 35.5. The number of benzene rings is 1. The average molecular weight is 269 g/mol. The van der Waals surface area contributed by atoms with E-state index in [0.717, 1.165) is 10.4 Å². The SMILES string of the molecule is O=C(Cl)C(Cc1ccc(F)cc1)c1cccs1. The summed E-state index contributed by atoms with van der Waals surface area (Å²) in [6.07, 6.45) is 0.503. The number of hydrogen-bond donors (Lipinski definition) is 0. The Kier molecular flexibility index (Phi) is 3.92. The summed E-state index contributed by atoms with van der Waals surface area (Å²) in [5, 5.41) is 1.53. The molecule has 1 nitrogen and oxygen atoms in total. The van der Waals surface area contributed by atoms with Crippen LogP contribution in [0, 0.1) is 5.82 Å². The fraction of sp³-hybridized carbons (Fsp3) is 0.154. The minimum absolute atomic E-state index is 0.279. The predicted molar refractivity (Wildman–Crippen MR) is 68.0 cm³/mol. The van der Waals surface area contributed by atoms with Gasteiger partial charge in [-0.15, -0.1) is 11.3 Å². The molecule has 2 rings (SSSR count). The molecular formula is C13H10ClFOS. The molecule has 0 aliphatic carbocycles. The molecule has 17 heavy (non-hydrogen) atoms. The zero-order chi connectivity index (χ0) is 12.3. The topological polar surface area (TPSA) is 17.1 Å². The van der Waals surface area contributed by atoms with Gasteiger partial charge < -0.3 is 0 Å². The second-order valence-corrected chi connectivity index (χ2v) is 5.05. The Morgan fingerprint density at radius 1 is 1.29 bits per heavy atom. The molecule has 0 N–H and O–H groups in total. The highest BCUT2D eigenvalue weighted by molar-refractivity contribution is 7.10. The van der Waals surface area contributed by atoms with E-state index in [-0.39, 0.29) is 17.0 Å². The van der Waals surface area contributed by atoms with Crippen LogP contribution < -0.4 is 0 Å².